The maximum Gasteiger partial charge on any atom is 0.243 e. The molecule has 6 nitrogen and oxygen atoms in total. The Hall–Kier alpha value is -1.90. The molecule has 8 heteroatoms. The van der Waals surface area contributed by atoms with Gasteiger partial charge in [-0.25, -0.2) is 8.42 Å². The third-order valence-corrected chi connectivity index (χ3v) is 7.98. The van der Waals surface area contributed by atoms with Gasteiger partial charge < -0.3 is 10.6 Å². The molecule has 0 unspecified atom stereocenters. The number of rotatable bonds is 6. The van der Waals surface area contributed by atoms with Crippen molar-refractivity contribution in [2.45, 2.75) is 44.2 Å². The van der Waals surface area contributed by atoms with Gasteiger partial charge in [0.1, 0.15) is 0 Å². The van der Waals surface area contributed by atoms with Crippen molar-refractivity contribution in [2.24, 2.45) is 4.99 Å². The Labute approximate surface area is 171 Å². The minimum Gasteiger partial charge on any atom is -0.352 e. The van der Waals surface area contributed by atoms with Gasteiger partial charge in [0.05, 0.1) is 11.4 Å². The molecule has 2 aromatic rings. The molecular formula is C20H28N4O2S2. The van der Waals surface area contributed by atoms with Crippen molar-refractivity contribution in [2.75, 3.05) is 20.1 Å². The van der Waals surface area contributed by atoms with E-state index in [0.29, 0.717) is 37.0 Å². The molecular weight excluding hydrogens is 392 g/mol. The van der Waals surface area contributed by atoms with Crippen LogP contribution < -0.4 is 10.6 Å². The second kappa shape index (κ2) is 9.54. The Balaban J connectivity index is 1.68. The van der Waals surface area contributed by atoms with Gasteiger partial charge in [-0.05, 0) is 48.4 Å². The summed E-state index contributed by atoms with van der Waals surface area (Å²) in [7, 11) is -1.75. The molecule has 152 valence electrons. The Bertz CT molecular complexity index is 916. The van der Waals surface area contributed by atoms with Crippen LogP contribution >= 0.6 is 11.3 Å². The van der Waals surface area contributed by atoms with Gasteiger partial charge in [-0.1, -0.05) is 24.6 Å². The third-order valence-electron chi connectivity index (χ3n) is 4.96. The van der Waals surface area contributed by atoms with Crippen molar-refractivity contribution in [1.82, 2.24) is 14.9 Å². The summed E-state index contributed by atoms with van der Waals surface area (Å²) in [6.45, 7) is 4.38. The van der Waals surface area contributed by atoms with Gasteiger partial charge >= 0.3 is 0 Å². The van der Waals surface area contributed by atoms with E-state index in [1.54, 1.807) is 34.8 Å². The second-order valence-corrected chi connectivity index (χ2v) is 9.79. The maximum absolute atomic E-state index is 13.1. The van der Waals surface area contributed by atoms with E-state index in [0.717, 1.165) is 24.8 Å². The van der Waals surface area contributed by atoms with Gasteiger partial charge in [-0.15, -0.1) is 11.3 Å². The van der Waals surface area contributed by atoms with Crippen LogP contribution in [0, 0.1) is 6.92 Å². The first-order chi connectivity index (χ1) is 13.5. The standard InChI is InChI=1S/C20H28N4O2S2/c1-16-10-13-27-18(16)15-23-20(21-2)22-14-17-8-4-5-9-19(17)28(25,26)24-11-6-3-7-12-24/h4-5,8-10,13H,3,6-7,11-12,14-15H2,1-2H3,(H2,21,22,23). The van der Waals surface area contributed by atoms with Crippen LogP contribution in [0.15, 0.2) is 45.6 Å². The molecule has 0 saturated carbocycles. The smallest absolute Gasteiger partial charge is 0.243 e. The van der Waals surface area contributed by atoms with Gasteiger partial charge in [0.15, 0.2) is 5.96 Å². The molecule has 1 fully saturated rings. The summed E-state index contributed by atoms with van der Waals surface area (Å²) in [4.78, 5) is 5.90. The number of aliphatic imine (C=N–C) groups is 1. The second-order valence-electron chi connectivity index (χ2n) is 6.88. The van der Waals surface area contributed by atoms with Crippen molar-refractivity contribution in [3.8, 4) is 0 Å². The lowest BCUT2D eigenvalue weighted by Crippen LogP contribution is -2.38. The highest BCUT2D eigenvalue weighted by Crippen LogP contribution is 2.23. The highest BCUT2D eigenvalue weighted by atomic mass is 32.2. The number of hydrogen-bond donors (Lipinski definition) is 2. The van der Waals surface area contributed by atoms with Crippen LogP contribution in [-0.2, 0) is 23.1 Å². The van der Waals surface area contributed by atoms with E-state index in [-0.39, 0.29) is 0 Å². The van der Waals surface area contributed by atoms with E-state index in [2.05, 4.69) is 34.0 Å². The van der Waals surface area contributed by atoms with Crippen LogP contribution in [-0.4, -0.2) is 38.8 Å². The monoisotopic (exact) mass is 420 g/mol. The zero-order valence-corrected chi connectivity index (χ0v) is 18.1. The summed E-state index contributed by atoms with van der Waals surface area (Å²) < 4.78 is 27.8. The lowest BCUT2D eigenvalue weighted by atomic mass is 10.2. The van der Waals surface area contributed by atoms with Gasteiger partial charge in [0.25, 0.3) is 0 Å². The first kappa shape index (κ1) is 20.8. The molecule has 1 aliphatic rings. The van der Waals surface area contributed by atoms with Gasteiger partial charge in [-0.3, -0.25) is 4.99 Å². The molecule has 1 aromatic heterocycles. The summed E-state index contributed by atoms with van der Waals surface area (Å²) in [5.74, 6) is 0.651. The number of nitrogens with one attached hydrogen (secondary N) is 2. The number of guanidine groups is 1. The fourth-order valence-electron chi connectivity index (χ4n) is 3.29. The lowest BCUT2D eigenvalue weighted by molar-refractivity contribution is 0.346. The first-order valence-electron chi connectivity index (χ1n) is 9.58. The fourth-order valence-corrected chi connectivity index (χ4v) is 5.88. The normalized spacial score (nSPS) is 16.1. The van der Waals surface area contributed by atoms with Crippen molar-refractivity contribution < 1.29 is 8.42 Å². The van der Waals surface area contributed by atoms with Crippen LogP contribution in [0.1, 0.15) is 35.3 Å². The Morgan fingerprint density at radius 2 is 1.82 bits per heavy atom. The zero-order valence-electron chi connectivity index (χ0n) is 16.4. The number of aryl methyl sites for hydroxylation is 1. The molecule has 2 heterocycles. The van der Waals surface area contributed by atoms with Crippen molar-refractivity contribution in [3.63, 3.8) is 0 Å². The molecule has 1 saturated heterocycles. The third kappa shape index (κ3) is 4.92. The Morgan fingerprint density at radius 1 is 1.11 bits per heavy atom. The Morgan fingerprint density at radius 3 is 2.50 bits per heavy atom. The minimum absolute atomic E-state index is 0.383. The molecule has 3 rings (SSSR count). The average molecular weight is 421 g/mol. The first-order valence-corrected chi connectivity index (χ1v) is 11.9. The predicted octanol–water partition coefficient (Wildman–Crippen LogP) is 3.10. The maximum atomic E-state index is 13.1. The van der Waals surface area contributed by atoms with E-state index < -0.39 is 10.0 Å². The van der Waals surface area contributed by atoms with E-state index in [1.165, 1.54) is 10.4 Å². The molecule has 1 aliphatic heterocycles. The van der Waals surface area contributed by atoms with Gasteiger partial charge in [0, 0.05) is 31.6 Å². The largest absolute Gasteiger partial charge is 0.352 e. The molecule has 0 bridgehead atoms. The average Bonchev–Trinajstić information content (AvgIpc) is 3.14. The predicted molar refractivity (Wildman–Crippen MR) is 115 cm³/mol. The molecule has 0 atom stereocenters. The van der Waals surface area contributed by atoms with Crippen LogP contribution in [0.4, 0.5) is 0 Å². The van der Waals surface area contributed by atoms with Crippen molar-refractivity contribution >= 4 is 27.3 Å². The number of hydrogen-bond acceptors (Lipinski definition) is 4. The fraction of sp³-hybridized carbons (Fsp3) is 0.450. The van der Waals surface area contributed by atoms with Crippen molar-refractivity contribution in [3.05, 3.63) is 51.7 Å². The number of sulfonamides is 1. The highest BCUT2D eigenvalue weighted by molar-refractivity contribution is 7.89. The Kier molecular flexibility index (Phi) is 7.09. The lowest BCUT2D eigenvalue weighted by Gasteiger charge is -2.27. The highest BCUT2D eigenvalue weighted by Gasteiger charge is 2.27. The molecule has 0 amide bonds. The molecule has 1 aromatic carbocycles. The van der Waals surface area contributed by atoms with E-state index >= 15 is 0 Å². The number of benzene rings is 1. The summed E-state index contributed by atoms with van der Waals surface area (Å²) >= 11 is 1.71. The molecule has 0 spiro atoms. The number of nitrogens with zero attached hydrogens (tertiary/aromatic N) is 2. The molecule has 28 heavy (non-hydrogen) atoms. The van der Waals surface area contributed by atoms with Crippen molar-refractivity contribution in [1.29, 1.82) is 0 Å². The zero-order chi connectivity index (χ0) is 20.0. The number of thiophene rings is 1. The van der Waals surface area contributed by atoms with E-state index in [4.69, 9.17) is 0 Å². The summed E-state index contributed by atoms with van der Waals surface area (Å²) in [6, 6.07) is 9.32. The molecule has 0 radical (unpaired) electrons. The van der Waals surface area contributed by atoms with Crippen LogP contribution in [0.25, 0.3) is 0 Å². The van der Waals surface area contributed by atoms with Crippen LogP contribution in [0.2, 0.25) is 0 Å². The summed E-state index contributed by atoms with van der Waals surface area (Å²) in [5, 5.41) is 8.61. The van der Waals surface area contributed by atoms with Crippen LogP contribution in [0.3, 0.4) is 0 Å². The van der Waals surface area contributed by atoms with E-state index in [9.17, 15) is 8.42 Å². The van der Waals surface area contributed by atoms with Gasteiger partial charge in [-0.2, -0.15) is 4.31 Å². The summed E-state index contributed by atoms with van der Waals surface area (Å²) in [5.41, 5.74) is 2.01. The topological polar surface area (TPSA) is 73.8 Å². The minimum atomic E-state index is -3.47. The summed E-state index contributed by atoms with van der Waals surface area (Å²) in [6.07, 6.45) is 2.96. The quantitative estimate of drug-likeness (QED) is 0.556. The SMILES string of the molecule is CN=C(NCc1ccccc1S(=O)(=O)N1CCCCC1)NCc1sccc1C. The van der Waals surface area contributed by atoms with Gasteiger partial charge in [0.2, 0.25) is 10.0 Å². The molecule has 0 aliphatic carbocycles. The molecule has 2 N–H and O–H groups in total. The van der Waals surface area contributed by atoms with Crippen LogP contribution in [0.5, 0.6) is 0 Å². The number of piperidine rings is 1. The van der Waals surface area contributed by atoms with E-state index in [1.807, 2.05) is 12.1 Å².